The van der Waals surface area contributed by atoms with Crippen molar-refractivity contribution in [3.8, 4) is 28.3 Å². The van der Waals surface area contributed by atoms with E-state index in [0.29, 0.717) is 28.3 Å². The first kappa shape index (κ1) is 25.9. The lowest BCUT2D eigenvalue weighted by molar-refractivity contribution is -0.160. The van der Waals surface area contributed by atoms with Gasteiger partial charge in [0.1, 0.15) is 5.75 Å². The largest absolute Gasteiger partial charge is 0.497 e. The number of aliphatic carboxylic acids is 1. The predicted octanol–water partition coefficient (Wildman–Crippen LogP) is 6.35. The van der Waals surface area contributed by atoms with Gasteiger partial charge in [0.2, 0.25) is 0 Å². The minimum absolute atomic E-state index is 0.470. The smallest absolute Gasteiger partial charge is 0.337 e. The quantitative estimate of drug-likeness (QED) is 0.350. The van der Waals surface area contributed by atoms with Crippen molar-refractivity contribution in [2.75, 3.05) is 7.11 Å². The van der Waals surface area contributed by atoms with Gasteiger partial charge in [-0.1, -0.05) is 44.2 Å². The summed E-state index contributed by atoms with van der Waals surface area (Å²) in [5, 5.41) is 14.9. The molecule has 1 unspecified atom stereocenters. The van der Waals surface area contributed by atoms with E-state index in [-0.39, 0.29) is 0 Å². The maximum absolute atomic E-state index is 12.4. The highest BCUT2D eigenvalue weighted by atomic mass is 16.5. The third-order valence-corrected chi connectivity index (χ3v) is 5.22. The molecular weight excluding hydrogens is 442 g/mol. The van der Waals surface area contributed by atoms with Crippen molar-refractivity contribution in [3.63, 3.8) is 0 Å². The summed E-state index contributed by atoms with van der Waals surface area (Å²) in [5.41, 5.74) is 4.09. The molecule has 2 aromatic heterocycles. The molecule has 4 rings (SSSR count). The summed E-state index contributed by atoms with van der Waals surface area (Å²) in [6.07, 6.45) is -1.22. The Labute approximate surface area is 206 Å². The zero-order valence-corrected chi connectivity index (χ0v) is 21.4. The summed E-state index contributed by atoms with van der Waals surface area (Å²) in [5.74, 6) is -0.382. The van der Waals surface area contributed by atoms with E-state index in [1.54, 1.807) is 18.5 Å². The van der Waals surface area contributed by atoms with Crippen LogP contribution in [-0.2, 0) is 9.53 Å². The Morgan fingerprint density at radius 3 is 2.17 bits per heavy atom. The van der Waals surface area contributed by atoms with Gasteiger partial charge in [-0.05, 0) is 52.0 Å². The van der Waals surface area contributed by atoms with Crippen LogP contribution < -0.4 is 4.74 Å². The molecule has 0 saturated carbocycles. The Balaban J connectivity index is 0.00000167. The second kappa shape index (κ2) is 10.7. The molecule has 7 heteroatoms. The summed E-state index contributed by atoms with van der Waals surface area (Å²) in [4.78, 5) is 17.1. The highest BCUT2D eigenvalue weighted by molar-refractivity contribution is 5.81. The maximum atomic E-state index is 12.4. The molecule has 35 heavy (non-hydrogen) atoms. The average molecular weight is 476 g/mol. The Bertz CT molecular complexity index is 1290. The molecule has 4 aromatic rings. The number of carboxylic acids is 1. The van der Waals surface area contributed by atoms with Crippen molar-refractivity contribution < 1.29 is 19.4 Å². The van der Waals surface area contributed by atoms with E-state index < -0.39 is 17.7 Å². The van der Waals surface area contributed by atoms with E-state index in [4.69, 9.17) is 19.6 Å². The van der Waals surface area contributed by atoms with Gasteiger partial charge >= 0.3 is 5.97 Å². The van der Waals surface area contributed by atoms with Crippen molar-refractivity contribution in [2.24, 2.45) is 0 Å². The van der Waals surface area contributed by atoms with Crippen LogP contribution in [0.4, 0.5) is 0 Å². The second-order valence-corrected chi connectivity index (χ2v) is 8.80. The van der Waals surface area contributed by atoms with Crippen LogP contribution in [0.1, 0.15) is 52.0 Å². The molecule has 0 radical (unpaired) electrons. The van der Waals surface area contributed by atoms with Gasteiger partial charge in [-0.15, -0.1) is 0 Å². The minimum Gasteiger partial charge on any atom is -0.497 e. The summed E-state index contributed by atoms with van der Waals surface area (Å²) in [7, 11) is 1.60. The molecule has 1 atom stereocenters. The number of ether oxygens (including phenoxy) is 2. The number of carboxylic acid groups (broad SMARTS) is 1. The topological polar surface area (TPSA) is 86.0 Å². The first-order chi connectivity index (χ1) is 16.7. The second-order valence-electron chi connectivity index (χ2n) is 8.80. The molecule has 0 bridgehead atoms. The molecule has 184 valence electrons. The van der Waals surface area contributed by atoms with Crippen LogP contribution >= 0.6 is 0 Å². The van der Waals surface area contributed by atoms with E-state index in [9.17, 15) is 9.90 Å². The SMILES string of the molecule is CC.COc1ccc(-c2c(C(OC(C)(C)C)C(=O)O)c(C)nc3cc(-c4ccccc4)nn23)cc1. The molecule has 2 heterocycles. The Morgan fingerprint density at radius 2 is 1.63 bits per heavy atom. The van der Waals surface area contributed by atoms with E-state index in [2.05, 4.69) is 0 Å². The number of hydrogen-bond donors (Lipinski definition) is 1. The first-order valence-electron chi connectivity index (χ1n) is 11.7. The van der Waals surface area contributed by atoms with Crippen LogP contribution in [0.5, 0.6) is 5.75 Å². The highest BCUT2D eigenvalue weighted by Crippen LogP contribution is 2.36. The van der Waals surface area contributed by atoms with Crippen LogP contribution in [0.25, 0.3) is 28.2 Å². The lowest BCUT2D eigenvalue weighted by Crippen LogP contribution is -2.29. The molecule has 0 fully saturated rings. The number of rotatable bonds is 6. The predicted molar refractivity (Wildman–Crippen MR) is 138 cm³/mol. The molecule has 0 aliphatic carbocycles. The zero-order valence-electron chi connectivity index (χ0n) is 21.4. The minimum atomic E-state index is -1.22. The zero-order chi connectivity index (χ0) is 25.8. The van der Waals surface area contributed by atoms with Gasteiger partial charge in [0, 0.05) is 28.5 Å². The van der Waals surface area contributed by atoms with Crippen molar-refractivity contribution in [1.29, 1.82) is 0 Å². The summed E-state index contributed by atoms with van der Waals surface area (Å²) in [6.45, 7) is 11.3. The normalized spacial score (nSPS) is 12.1. The molecule has 0 saturated heterocycles. The van der Waals surface area contributed by atoms with E-state index in [1.807, 2.05) is 95.3 Å². The van der Waals surface area contributed by atoms with Crippen molar-refractivity contribution >= 4 is 11.6 Å². The van der Waals surface area contributed by atoms with E-state index in [0.717, 1.165) is 16.8 Å². The lowest BCUT2D eigenvalue weighted by Gasteiger charge is -2.27. The monoisotopic (exact) mass is 475 g/mol. The fourth-order valence-electron chi connectivity index (χ4n) is 3.81. The van der Waals surface area contributed by atoms with Gasteiger partial charge in [-0.3, -0.25) is 0 Å². The number of benzene rings is 2. The third-order valence-electron chi connectivity index (χ3n) is 5.22. The number of carbonyl (C=O) groups is 1. The standard InChI is InChI=1S/C26H27N3O4.C2H6/c1-16-22(24(25(30)31)33-26(2,3)4)23(18-11-13-19(32-5)14-12-18)29-21(27-16)15-20(28-29)17-9-7-6-8-10-17;1-2/h6-15,24H,1-5H3,(H,30,31);1-2H3. The molecule has 0 spiro atoms. The van der Waals surface area contributed by atoms with Crippen LogP contribution in [-0.4, -0.2) is 38.4 Å². The number of aryl methyl sites for hydroxylation is 1. The summed E-state index contributed by atoms with van der Waals surface area (Å²) < 4.78 is 13.0. The average Bonchev–Trinajstić information content (AvgIpc) is 3.27. The van der Waals surface area contributed by atoms with Crippen LogP contribution in [0, 0.1) is 6.92 Å². The van der Waals surface area contributed by atoms with E-state index in [1.165, 1.54) is 0 Å². The number of aromatic nitrogens is 3. The molecule has 0 aliphatic rings. The molecule has 2 aromatic carbocycles. The molecule has 0 aliphatic heterocycles. The maximum Gasteiger partial charge on any atom is 0.337 e. The number of methoxy groups -OCH3 is 1. The molecule has 1 N–H and O–H groups in total. The molecule has 7 nitrogen and oxygen atoms in total. The Hall–Kier alpha value is -3.71. The van der Waals surface area contributed by atoms with Gasteiger partial charge in [0.25, 0.3) is 0 Å². The fourth-order valence-corrected chi connectivity index (χ4v) is 3.81. The summed E-state index contributed by atoms with van der Waals surface area (Å²) in [6, 6.07) is 19.1. The van der Waals surface area contributed by atoms with E-state index >= 15 is 0 Å². The van der Waals surface area contributed by atoms with Gasteiger partial charge in [0.15, 0.2) is 11.8 Å². The number of fused-ring (bicyclic) bond motifs is 1. The third kappa shape index (κ3) is 5.69. The Morgan fingerprint density at radius 1 is 1.00 bits per heavy atom. The molecular formula is C28H33N3O4. The Kier molecular flexibility index (Phi) is 7.92. The first-order valence-corrected chi connectivity index (χ1v) is 11.7. The lowest BCUT2D eigenvalue weighted by atomic mass is 9.99. The van der Waals surface area contributed by atoms with Crippen molar-refractivity contribution in [2.45, 2.75) is 53.2 Å². The van der Waals surface area contributed by atoms with Gasteiger partial charge < -0.3 is 14.6 Å². The number of nitrogens with zero attached hydrogens (tertiary/aromatic N) is 3. The van der Waals surface area contributed by atoms with Gasteiger partial charge in [0.05, 0.1) is 24.1 Å². The van der Waals surface area contributed by atoms with Crippen LogP contribution in [0.2, 0.25) is 0 Å². The number of hydrogen-bond acceptors (Lipinski definition) is 5. The molecule has 0 amide bonds. The fraction of sp³-hybridized carbons (Fsp3) is 0.321. The highest BCUT2D eigenvalue weighted by Gasteiger charge is 2.33. The van der Waals surface area contributed by atoms with Gasteiger partial charge in [-0.2, -0.15) is 5.10 Å². The van der Waals surface area contributed by atoms with Gasteiger partial charge in [-0.25, -0.2) is 14.3 Å². The van der Waals surface area contributed by atoms with Crippen molar-refractivity contribution in [3.05, 3.63) is 71.9 Å². The van der Waals surface area contributed by atoms with Crippen molar-refractivity contribution in [1.82, 2.24) is 14.6 Å². The summed E-state index contributed by atoms with van der Waals surface area (Å²) >= 11 is 0. The van der Waals surface area contributed by atoms with Crippen LogP contribution in [0.15, 0.2) is 60.7 Å². The van der Waals surface area contributed by atoms with Crippen LogP contribution in [0.3, 0.4) is 0 Å².